The summed E-state index contributed by atoms with van der Waals surface area (Å²) in [7, 11) is -1.85. The number of nitrogens with zero attached hydrogens (tertiary/aromatic N) is 1. The Kier molecular flexibility index (Phi) is 5.33. The van der Waals surface area contributed by atoms with E-state index in [-0.39, 0.29) is 10.9 Å². The van der Waals surface area contributed by atoms with Crippen molar-refractivity contribution >= 4 is 31.6 Å². The molecule has 0 atom stereocenters. The maximum Gasteiger partial charge on any atom is 0.245 e. The minimum Gasteiger partial charge on any atom is -0.398 e. The van der Waals surface area contributed by atoms with Crippen molar-refractivity contribution in [3.8, 4) is 0 Å². The van der Waals surface area contributed by atoms with Gasteiger partial charge in [-0.2, -0.15) is 4.31 Å². The Labute approximate surface area is 135 Å². The molecule has 4 nitrogen and oxygen atoms in total. The van der Waals surface area contributed by atoms with Crippen molar-refractivity contribution < 1.29 is 8.42 Å². The molecule has 1 saturated carbocycles. The molecule has 21 heavy (non-hydrogen) atoms. The van der Waals surface area contributed by atoms with E-state index in [1.807, 2.05) is 0 Å². The number of rotatable bonds is 4. The third kappa shape index (κ3) is 3.60. The van der Waals surface area contributed by atoms with Crippen LogP contribution in [0.4, 0.5) is 5.69 Å². The van der Waals surface area contributed by atoms with E-state index < -0.39 is 10.0 Å². The van der Waals surface area contributed by atoms with Crippen LogP contribution in [0.15, 0.2) is 27.6 Å². The number of halogens is 1. The third-order valence-electron chi connectivity index (χ3n) is 4.54. The number of nitrogens with two attached hydrogens (primary N) is 1. The predicted octanol–water partition coefficient (Wildman–Crippen LogP) is 3.62. The highest BCUT2D eigenvalue weighted by molar-refractivity contribution is 9.10. The average Bonchev–Trinajstić information content (AvgIpc) is 2.46. The summed E-state index contributed by atoms with van der Waals surface area (Å²) in [5.74, 6) is 0.745. The van der Waals surface area contributed by atoms with Gasteiger partial charge in [-0.25, -0.2) is 8.42 Å². The van der Waals surface area contributed by atoms with Gasteiger partial charge in [-0.3, -0.25) is 0 Å². The van der Waals surface area contributed by atoms with E-state index >= 15 is 0 Å². The van der Waals surface area contributed by atoms with E-state index in [2.05, 4.69) is 22.9 Å². The van der Waals surface area contributed by atoms with Crippen LogP contribution in [0.25, 0.3) is 0 Å². The van der Waals surface area contributed by atoms with Crippen molar-refractivity contribution in [3.05, 3.63) is 22.7 Å². The lowest BCUT2D eigenvalue weighted by Crippen LogP contribution is -2.39. The number of hydrogen-bond donors (Lipinski definition) is 1. The Morgan fingerprint density at radius 1 is 1.29 bits per heavy atom. The lowest BCUT2D eigenvalue weighted by molar-refractivity contribution is 0.233. The van der Waals surface area contributed by atoms with Gasteiger partial charge in [0.15, 0.2) is 0 Å². The predicted molar refractivity (Wildman–Crippen MR) is 89.5 cm³/mol. The number of anilines is 1. The number of benzene rings is 1. The van der Waals surface area contributed by atoms with Gasteiger partial charge in [-0.1, -0.05) is 29.3 Å². The molecule has 1 fully saturated rings. The molecule has 1 aromatic rings. The summed E-state index contributed by atoms with van der Waals surface area (Å²) < 4.78 is 27.8. The van der Waals surface area contributed by atoms with Gasteiger partial charge in [0.1, 0.15) is 4.90 Å². The van der Waals surface area contributed by atoms with Crippen LogP contribution in [0.5, 0.6) is 0 Å². The van der Waals surface area contributed by atoms with Crippen LogP contribution in [0.2, 0.25) is 0 Å². The Morgan fingerprint density at radius 3 is 2.43 bits per heavy atom. The number of hydrogen-bond acceptors (Lipinski definition) is 3. The van der Waals surface area contributed by atoms with Crippen LogP contribution in [-0.2, 0) is 10.0 Å². The number of nitrogen functional groups attached to an aromatic ring is 1. The Balaban J connectivity index is 2.19. The van der Waals surface area contributed by atoms with Crippen LogP contribution >= 0.6 is 15.9 Å². The highest BCUT2D eigenvalue weighted by Gasteiger charge is 2.32. The van der Waals surface area contributed by atoms with Gasteiger partial charge in [0.05, 0.1) is 5.69 Å². The van der Waals surface area contributed by atoms with Crippen molar-refractivity contribution in [2.75, 3.05) is 12.8 Å². The fraction of sp³-hybridized carbons (Fsp3) is 0.600. The van der Waals surface area contributed by atoms with Gasteiger partial charge in [-0.05, 0) is 49.8 Å². The topological polar surface area (TPSA) is 63.4 Å². The van der Waals surface area contributed by atoms with Gasteiger partial charge in [0.25, 0.3) is 0 Å². The Morgan fingerprint density at radius 2 is 1.90 bits per heavy atom. The minimum atomic E-state index is -3.52. The third-order valence-corrected chi connectivity index (χ3v) is 7.01. The van der Waals surface area contributed by atoms with Crippen LogP contribution in [0, 0.1) is 5.92 Å². The molecular weight excluding hydrogens is 352 g/mol. The quantitative estimate of drug-likeness (QED) is 0.818. The molecule has 0 radical (unpaired) electrons. The van der Waals surface area contributed by atoms with E-state index in [1.165, 1.54) is 10.7 Å². The highest BCUT2D eigenvalue weighted by Crippen LogP contribution is 2.33. The number of sulfonamides is 1. The fourth-order valence-corrected chi connectivity index (χ4v) is 4.91. The molecule has 0 unspecified atom stereocenters. The maximum absolute atomic E-state index is 12.7. The van der Waals surface area contributed by atoms with Crippen LogP contribution in [0.1, 0.15) is 39.0 Å². The zero-order chi connectivity index (χ0) is 15.6. The van der Waals surface area contributed by atoms with E-state index in [0.29, 0.717) is 5.69 Å². The van der Waals surface area contributed by atoms with Crippen LogP contribution in [-0.4, -0.2) is 25.8 Å². The molecule has 1 aliphatic carbocycles. The summed E-state index contributed by atoms with van der Waals surface area (Å²) in [6, 6.07) is 5.00. The second kappa shape index (κ2) is 6.67. The largest absolute Gasteiger partial charge is 0.398 e. The molecule has 6 heteroatoms. The van der Waals surface area contributed by atoms with Crippen molar-refractivity contribution in [1.29, 1.82) is 0 Å². The lowest BCUT2D eigenvalue weighted by Gasteiger charge is -2.33. The van der Waals surface area contributed by atoms with Gasteiger partial charge in [0.2, 0.25) is 10.0 Å². The molecule has 0 aromatic heterocycles. The van der Waals surface area contributed by atoms with Crippen molar-refractivity contribution in [3.63, 3.8) is 0 Å². The maximum atomic E-state index is 12.7. The van der Waals surface area contributed by atoms with Crippen molar-refractivity contribution in [1.82, 2.24) is 4.31 Å². The van der Waals surface area contributed by atoms with Crippen molar-refractivity contribution in [2.45, 2.75) is 50.0 Å². The zero-order valence-electron chi connectivity index (χ0n) is 12.5. The summed E-state index contributed by atoms with van der Waals surface area (Å²) in [6.07, 6.45) is 5.27. The molecule has 2 N–H and O–H groups in total. The fourth-order valence-electron chi connectivity index (χ4n) is 3.02. The van der Waals surface area contributed by atoms with E-state index in [0.717, 1.165) is 36.1 Å². The molecule has 1 aliphatic rings. The molecule has 0 bridgehead atoms. The molecule has 1 aromatic carbocycles. The second-order valence-corrected chi connectivity index (χ2v) is 8.67. The van der Waals surface area contributed by atoms with E-state index in [1.54, 1.807) is 25.2 Å². The Bertz CT molecular complexity index is 596. The summed E-state index contributed by atoms with van der Waals surface area (Å²) in [6.45, 7) is 2.20. The Hall–Kier alpha value is -0.590. The van der Waals surface area contributed by atoms with Gasteiger partial charge >= 0.3 is 0 Å². The molecule has 0 spiro atoms. The molecule has 2 rings (SSSR count). The zero-order valence-corrected chi connectivity index (χ0v) is 15.0. The summed E-state index contributed by atoms with van der Waals surface area (Å²) in [5.41, 5.74) is 6.17. The monoisotopic (exact) mass is 374 g/mol. The molecule has 118 valence electrons. The van der Waals surface area contributed by atoms with Gasteiger partial charge < -0.3 is 5.73 Å². The summed E-state index contributed by atoms with van der Waals surface area (Å²) in [5, 5.41) is 0. The molecule has 0 heterocycles. The summed E-state index contributed by atoms with van der Waals surface area (Å²) >= 11 is 3.30. The lowest BCUT2D eigenvalue weighted by atomic mass is 9.85. The normalized spacial score (nSPS) is 23.4. The minimum absolute atomic E-state index is 0.0841. The van der Waals surface area contributed by atoms with E-state index in [4.69, 9.17) is 5.73 Å². The van der Waals surface area contributed by atoms with Crippen molar-refractivity contribution in [2.24, 2.45) is 5.92 Å². The first-order chi connectivity index (χ1) is 9.86. The standard InChI is InChI=1S/C15H23BrN2O2S/c1-3-11-4-7-13(8-5-11)18(2)21(19,20)15-9-6-12(16)10-14(15)17/h6,9-11,13H,3-5,7-8,17H2,1-2H3. The smallest absolute Gasteiger partial charge is 0.245 e. The second-order valence-electron chi connectivity index (χ2n) is 5.79. The first kappa shape index (κ1) is 16.8. The van der Waals surface area contributed by atoms with Crippen LogP contribution in [0.3, 0.4) is 0 Å². The van der Waals surface area contributed by atoms with Crippen LogP contribution < -0.4 is 5.73 Å². The molecule has 0 saturated heterocycles. The first-order valence-corrected chi connectivity index (χ1v) is 9.62. The molecule has 0 amide bonds. The van der Waals surface area contributed by atoms with Gasteiger partial charge in [0, 0.05) is 17.6 Å². The molecule has 0 aliphatic heterocycles. The van der Waals surface area contributed by atoms with E-state index in [9.17, 15) is 8.42 Å². The first-order valence-electron chi connectivity index (χ1n) is 7.39. The summed E-state index contributed by atoms with van der Waals surface area (Å²) in [4.78, 5) is 0.200. The highest BCUT2D eigenvalue weighted by atomic mass is 79.9. The van der Waals surface area contributed by atoms with Gasteiger partial charge in [-0.15, -0.1) is 0 Å². The SMILES string of the molecule is CCC1CCC(N(C)S(=O)(=O)c2ccc(Br)cc2N)CC1. The molecular formula is C15H23BrN2O2S. The average molecular weight is 375 g/mol.